The number of hydrogen-bond acceptors (Lipinski definition) is 4. The number of nitrogens with zero attached hydrogens (tertiary/aromatic N) is 1. The lowest BCUT2D eigenvalue weighted by atomic mass is 10.1. The Morgan fingerprint density at radius 1 is 1.56 bits per heavy atom. The fourth-order valence-corrected chi connectivity index (χ4v) is 2.69. The van der Waals surface area contributed by atoms with E-state index >= 15 is 0 Å². The summed E-state index contributed by atoms with van der Waals surface area (Å²) in [6.07, 6.45) is 0.899. The fraction of sp³-hybridized carbons (Fsp3) is 0.273. The molecule has 5 heteroatoms. The summed E-state index contributed by atoms with van der Waals surface area (Å²) >= 11 is 1.25. The van der Waals surface area contributed by atoms with Gasteiger partial charge in [-0.1, -0.05) is 6.92 Å². The van der Waals surface area contributed by atoms with Crippen molar-refractivity contribution in [2.75, 3.05) is 5.73 Å². The van der Waals surface area contributed by atoms with E-state index in [4.69, 9.17) is 11.5 Å². The number of amides is 1. The van der Waals surface area contributed by atoms with Crippen LogP contribution >= 0.6 is 11.3 Å². The maximum absolute atomic E-state index is 11.2. The van der Waals surface area contributed by atoms with E-state index in [2.05, 4.69) is 11.9 Å². The number of carbonyl (C=O) groups excluding carboxylic acids is 1. The van der Waals surface area contributed by atoms with Gasteiger partial charge >= 0.3 is 0 Å². The van der Waals surface area contributed by atoms with E-state index < -0.39 is 5.91 Å². The largest absolute Gasteiger partial charge is 0.397 e. The molecule has 2 aromatic heterocycles. The van der Waals surface area contributed by atoms with E-state index in [0.717, 1.165) is 27.9 Å². The first-order valence-corrected chi connectivity index (χ1v) is 5.84. The third-order valence-corrected chi connectivity index (χ3v) is 3.75. The van der Waals surface area contributed by atoms with Gasteiger partial charge in [-0.15, -0.1) is 11.3 Å². The normalized spacial score (nSPS) is 10.9. The molecule has 1 amide bonds. The Morgan fingerprint density at radius 2 is 2.25 bits per heavy atom. The highest BCUT2D eigenvalue weighted by Gasteiger charge is 2.15. The van der Waals surface area contributed by atoms with E-state index in [9.17, 15) is 4.79 Å². The second kappa shape index (κ2) is 3.75. The number of aromatic nitrogens is 1. The molecule has 0 unspecified atom stereocenters. The Kier molecular flexibility index (Phi) is 2.55. The molecule has 4 nitrogen and oxygen atoms in total. The summed E-state index contributed by atoms with van der Waals surface area (Å²) in [5, 5.41) is 0.834. The minimum atomic E-state index is -0.490. The summed E-state index contributed by atoms with van der Waals surface area (Å²) in [7, 11) is 0. The topological polar surface area (TPSA) is 82.0 Å². The Bertz CT molecular complexity index is 574. The Hall–Kier alpha value is -1.62. The molecule has 0 aliphatic carbocycles. The number of hydrogen-bond donors (Lipinski definition) is 2. The van der Waals surface area contributed by atoms with Gasteiger partial charge in [0.05, 0.1) is 5.69 Å². The first-order valence-electron chi connectivity index (χ1n) is 5.02. The fourth-order valence-electron chi connectivity index (χ4n) is 1.71. The first-order chi connectivity index (χ1) is 7.54. The summed E-state index contributed by atoms with van der Waals surface area (Å²) in [4.78, 5) is 16.8. The van der Waals surface area contributed by atoms with Crippen LogP contribution in [0.3, 0.4) is 0 Å². The van der Waals surface area contributed by atoms with E-state index in [0.29, 0.717) is 10.6 Å². The number of thiophene rings is 1. The summed E-state index contributed by atoms with van der Waals surface area (Å²) in [5.74, 6) is -0.490. The first kappa shape index (κ1) is 10.9. The number of primary amides is 1. The van der Waals surface area contributed by atoms with Gasteiger partial charge in [0.1, 0.15) is 9.71 Å². The van der Waals surface area contributed by atoms with Gasteiger partial charge in [-0.2, -0.15) is 0 Å². The lowest BCUT2D eigenvalue weighted by molar-refractivity contribution is 0.100. The van der Waals surface area contributed by atoms with Crippen LogP contribution in [0, 0.1) is 6.92 Å². The van der Waals surface area contributed by atoms with Crippen LogP contribution < -0.4 is 11.5 Å². The van der Waals surface area contributed by atoms with E-state index in [1.807, 2.05) is 13.0 Å². The molecule has 84 valence electrons. The van der Waals surface area contributed by atoms with Gasteiger partial charge in [0.2, 0.25) is 0 Å². The van der Waals surface area contributed by atoms with Crippen LogP contribution in [-0.4, -0.2) is 10.9 Å². The van der Waals surface area contributed by atoms with E-state index in [1.165, 1.54) is 11.3 Å². The quantitative estimate of drug-likeness (QED) is 0.833. The zero-order chi connectivity index (χ0) is 11.9. The predicted octanol–water partition coefficient (Wildman–Crippen LogP) is 1.85. The summed E-state index contributed by atoms with van der Waals surface area (Å²) < 4.78 is 0. The van der Waals surface area contributed by atoms with Crippen molar-refractivity contribution < 1.29 is 4.79 Å². The molecule has 0 spiro atoms. The highest BCUT2D eigenvalue weighted by Crippen LogP contribution is 2.33. The van der Waals surface area contributed by atoms with Gasteiger partial charge in [-0.3, -0.25) is 4.79 Å². The Morgan fingerprint density at radius 3 is 2.81 bits per heavy atom. The number of fused-ring (bicyclic) bond motifs is 1. The second-order valence-electron chi connectivity index (χ2n) is 3.65. The van der Waals surface area contributed by atoms with E-state index in [1.54, 1.807) is 0 Å². The number of aryl methyl sites for hydroxylation is 2. The highest BCUT2D eigenvalue weighted by atomic mass is 32.1. The monoisotopic (exact) mass is 235 g/mol. The average molecular weight is 235 g/mol. The lowest BCUT2D eigenvalue weighted by Gasteiger charge is -2.01. The van der Waals surface area contributed by atoms with Crippen molar-refractivity contribution in [1.29, 1.82) is 0 Å². The third-order valence-electron chi connectivity index (χ3n) is 2.62. The van der Waals surface area contributed by atoms with Crippen LogP contribution in [-0.2, 0) is 6.42 Å². The summed E-state index contributed by atoms with van der Waals surface area (Å²) in [6, 6.07) is 2.00. The molecule has 2 heterocycles. The van der Waals surface area contributed by atoms with Gasteiger partial charge in [0.25, 0.3) is 5.91 Å². The van der Waals surface area contributed by atoms with Crippen molar-refractivity contribution in [3.8, 4) is 0 Å². The van der Waals surface area contributed by atoms with Gasteiger partial charge < -0.3 is 11.5 Å². The SMILES string of the molecule is CCc1cc2c(N)c(C(N)=O)sc2nc1C. The molecular weight excluding hydrogens is 222 g/mol. The van der Waals surface area contributed by atoms with Crippen molar-refractivity contribution in [1.82, 2.24) is 4.98 Å². The van der Waals surface area contributed by atoms with Crippen LogP contribution in [0.2, 0.25) is 0 Å². The van der Waals surface area contributed by atoms with Gasteiger partial charge in [-0.05, 0) is 25.0 Å². The van der Waals surface area contributed by atoms with Crippen LogP contribution in [0.4, 0.5) is 5.69 Å². The maximum atomic E-state index is 11.2. The van der Waals surface area contributed by atoms with Crippen molar-refractivity contribution in [3.05, 3.63) is 22.2 Å². The summed E-state index contributed by atoms with van der Waals surface area (Å²) in [5.41, 5.74) is 13.7. The minimum absolute atomic E-state index is 0.398. The van der Waals surface area contributed by atoms with E-state index in [-0.39, 0.29) is 0 Å². The third kappa shape index (κ3) is 1.53. The number of nitrogen functional groups attached to an aromatic ring is 1. The minimum Gasteiger partial charge on any atom is -0.397 e. The van der Waals surface area contributed by atoms with Crippen LogP contribution in [0.15, 0.2) is 6.07 Å². The molecule has 0 radical (unpaired) electrons. The number of anilines is 1. The number of pyridine rings is 1. The van der Waals surface area contributed by atoms with Gasteiger partial charge in [-0.25, -0.2) is 4.98 Å². The Balaban J connectivity index is 2.77. The van der Waals surface area contributed by atoms with Gasteiger partial charge in [0, 0.05) is 11.1 Å². The molecule has 0 saturated heterocycles. The van der Waals surface area contributed by atoms with Crippen LogP contribution in [0.1, 0.15) is 27.9 Å². The number of rotatable bonds is 2. The number of carbonyl (C=O) groups is 1. The molecule has 0 aliphatic heterocycles. The smallest absolute Gasteiger partial charge is 0.260 e. The van der Waals surface area contributed by atoms with Crippen molar-refractivity contribution in [2.24, 2.45) is 5.73 Å². The molecule has 0 aliphatic rings. The molecule has 0 saturated carbocycles. The zero-order valence-corrected chi connectivity index (χ0v) is 10.0. The molecule has 0 bridgehead atoms. The number of nitrogens with two attached hydrogens (primary N) is 2. The van der Waals surface area contributed by atoms with Crippen molar-refractivity contribution in [2.45, 2.75) is 20.3 Å². The van der Waals surface area contributed by atoms with Gasteiger partial charge in [0.15, 0.2) is 0 Å². The molecule has 0 aromatic carbocycles. The second-order valence-corrected chi connectivity index (χ2v) is 4.65. The molecule has 2 rings (SSSR count). The Labute approximate surface area is 97.3 Å². The van der Waals surface area contributed by atoms with Crippen LogP contribution in [0.5, 0.6) is 0 Å². The average Bonchev–Trinajstić information content (AvgIpc) is 2.54. The standard InChI is InChI=1S/C11H13N3OS/c1-3-6-4-7-8(12)9(10(13)15)16-11(7)14-5(6)2/h4H,3,12H2,1-2H3,(H2,13,15). The summed E-state index contributed by atoms with van der Waals surface area (Å²) in [6.45, 7) is 4.02. The zero-order valence-electron chi connectivity index (χ0n) is 9.20. The van der Waals surface area contributed by atoms with Crippen molar-refractivity contribution in [3.63, 3.8) is 0 Å². The molecular formula is C11H13N3OS. The van der Waals surface area contributed by atoms with Crippen LogP contribution in [0.25, 0.3) is 10.2 Å². The molecule has 0 atom stereocenters. The lowest BCUT2D eigenvalue weighted by Crippen LogP contribution is -2.10. The molecule has 2 aromatic rings. The van der Waals surface area contributed by atoms with Crippen molar-refractivity contribution >= 4 is 33.1 Å². The molecule has 16 heavy (non-hydrogen) atoms. The maximum Gasteiger partial charge on any atom is 0.260 e. The molecule has 4 N–H and O–H groups in total. The highest BCUT2D eigenvalue weighted by molar-refractivity contribution is 7.21. The predicted molar refractivity (Wildman–Crippen MR) is 66.7 cm³/mol. The molecule has 0 fully saturated rings.